The molecule has 0 saturated heterocycles. The van der Waals surface area contributed by atoms with Crippen molar-refractivity contribution in [3.05, 3.63) is 11.6 Å². The SMILES string of the molecule is CC(C)CCCC(C)C1CCC2C3=CC(OS(=O)(=O)O)C4(O)CC(O)CCC4(C)C3(O)CCC21C. The number of rotatable bonds is 7. The molecule has 202 valence electrons. The Morgan fingerprint density at radius 1 is 1.06 bits per heavy atom. The van der Waals surface area contributed by atoms with E-state index in [1.54, 1.807) is 13.0 Å². The van der Waals surface area contributed by atoms with Gasteiger partial charge in [-0.3, -0.25) is 4.55 Å². The van der Waals surface area contributed by atoms with Gasteiger partial charge in [0.05, 0.1) is 11.7 Å². The fourth-order valence-corrected chi connectivity index (χ4v) is 9.22. The third-order valence-corrected chi connectivity index (χ3v) is 11.3. The summed E-state index contributed by atoms with van der Waals surface area (Å²) < 4.78 is 38.2. The topological polar surface area (TPSA) is 124 Å². The van der Waals surface area contributed by atoms with Crippen molar-refractivity contribution < 1.29 is 32.5 Å². The number of hydrogen-bond acceptors (Lipinski definition) is 6. The number of hydrogen-bond donors (Lipinski definition) is 4. The highest BCUT2D eigenvalue weighted by molar-refractivity contribution is 7.80. The smallest absolute Gasteiger partial charge is 0.393 e. The Morgan fingerprint density at radius 2 is 1.74 bits per heavy atom. The molecule has 0 amide bonds. The summed E-state index contributed by atoms with van der Waals surface area (Å²) in [5.74, 6) is 1.81. The predicted octanol–water partition coefficient (Wildman–Crippen LogP) is 4.42. The maximum atomic E-state index is 12.3. The Bertz CT molecular complexity index is 947. The van der Waals surface area contributed by atoms with Crippen LogP contribution in [0, 0.1) is 34.5 Å². The standard InChI is InChI=1S/C27H46O7S/c1-17(2)7-6-8-18(3)20-9-10-21-22-15-23(34-35(31,32)33)27(30)16-19(28)11-12-25(27,5)26(22,29)14-13-24(20,21)4/h15,17-21,23,28-30H,6-14,16H2,1-5H3,(H,31,32,33). The first-order chi connectivity index (χ1) is 16.1. The second-order valence-corrected chi connectivity index (χ2v) is 14.2. The van der Waals surface area contributed by atoms with Gasteiger partial charge in [0.1, 0.15) is 11.7 Å². The lowest BCUT2D eigenvalue weighted by Crippen LogP contribution is -2.73. The molecule has 4 rings (SSSR count). The maximum absolute atomic E-state index is 12.3. The Morgan fingerprint density at radius 3 is 2.37 bits per heavy atom. The van der Waals surface area contributed by atoms with Crippen molar-refractivity contribution in [1.29, 1.82) is 0 Å². The fraction of sp³-hybridized carbons (Fsp3) is 0.926. The largest absolute Gasteiger partial charge is 0.398 e. The summed E-state index contributed by atoms with van der Waals surface area (Å²) in [4.78, 5) is 0. The lowest BCUT2D eigenvalue weighted by atomic mass is 9.43. The Kier molecular flexibility index (Phi) is 7.12. The van der Waals surface area contributed by atoms with Crippen LogP contribution in [0.15, 0.2) is 11.6 Å². The molecule has 0 spiro atoms. The molecule has 4 aliphatic rings. The van der Waals surface area contributed by atoms with Crippen molar-refractivity contribution in [2.45, 2.75) is 122 Å². The molecule has 7 nitrogen and oxygen atoms in total. The highest BCUT2D eigenvalue weighted by Gasteiger charge is 2.71. The first kappa shape index (κ1) is 27.5. The van der Waals surface area contributed by atoms with Crippen LogP contribution in [0.4, 0.5) is 0 Å². The average molecular weight is 515 g/mol. The maximum Gasteiger partial charge on any atom is 0.398 e. The molecule has 0 radical (unpaired) electrons. The lowest BCUT2D eigenvalue weighted by molar-refractivity contribution is -0.255. The van der Waals surface area contributed by atoms with Gasteiger partial charge in [-0.1, -0.05) is 53.9 Å². The molecule has 0 aromatic heterocycles. The van der Waals surface area contributed by atoms with Crippen LogP contribution in [0.25, 0.3) is 0 Å². The molecule has 0 heterocycles. The van der Waals surface area contributed by atoms with E-state index in [2.05, 4.69) is 27.7 Å². The molecule has 0 aromatic rings. The van der Waals surface area contributed by atoms with Gasteiger partial charge in [0.25, 0.3) is 0 Å². The normalized spacial score (nSPS) is 46.5. The molecule has 8 heteroatoms. The molecule has 4 aliphatic carbocycles. The molecular weight excluding hydrogens is 468 g/mol. The van der Waals surface area contributed by atoms with E-state index >= 15 is 0 Å². The van der Waals surface area contributed by atoms with E-state index in [0.717, 1.165) is 24.8 Å². The second-order valence-electron chi connectivity index (χ2n) is 13.1. The van der Waals surface area contributed by atoms with Gasteiger partial charge in [0, 0.05) is 11.8 Å². The van der Waals surface area contributed by atoms with Gasteiger partial charge in [-0.15, -0.1) is 0 Å². The Balaban J connectivity index is 1.72. The molecule has 4 N–H and O–H groups in total. The summed E-state index contributed by atoms with van der Waals surface area (Å²) >= 11 is 0. The zero-order valence-electron chi connectivity index (χ0n) is 22.0. The van der Waals surface area contributed by atoms with Crippen molar-refractivity contribution in [3.8, 4) is 0 Å². The summed E-state index contributed by atoms with van der Waals surface area (Å²) in [5, 5.41) is 34.6. The molecule has 0 aliphatic heterocycles. The van der Waals surface area contributed by atoms with Gasteiger partial charge in [0.2, 0.25) is 0 Å². The van der Waals surface area contributed by atoms with E-state index < -0.39 is 39.2 Å². The van der Waals surface area contributed by atoms with Gasteiger partial charge in [-0.25, -0.2) is 4.18 Å². The van der Waals surface area contributed by atoms with E-state index in [-0.39, 0.29) is 17.8 Å². The summed E-state index contributed by atoms with van der Waals surface area (Å²) in [6, 6.07) is 0. The van der Waals surface area contributed by atoms with Crippen molar-refractivity contribution in [1.82, 2.24) is 0 Å². The lowest BCUT2D eigenvalue weighted by Gasteiger charge is -2.66. The van der Waals surface area contributed by atoms with Crippen LogP contribution >= 0.6 is 0 Å². The minimum absolute atomic E-state index is 0.0298. The van der Waals surface area contributed by atoms with Gasteiger partial charge in [-0.05, 0) is 79.3 Å². The van der Waals surface area contributed by atoms with Gasteiger partial charge in [-0.2, -0.15) is 8.42 Å². The van der Waals surface area contributed by atoms with Gasteiger partial charge < -0.3 is 15.3 Å². The summed E-state index contributed by atoms with van der Waals surface area (Å²) in [7, 11) is -4.86. The molecule has 9 unspecified atom stereocenters. The van der Waals surface area contributed by atoms with E-state index in [1.807, 2.05) is 0 Å². The summed E-state index contributed by atoms with van der Waals surface area (Å²) in [6.45, 7) is 11.0. The third-order valence-electron chi connectivity index (χ3n) is 10.8. The van der Waals surface area contributed by atoms with Gasteiger partial charge >= 0.3 is 10.4 Å². The van der Waals surface area contributed by atoms with Crippen molar-refractivity contribution in [2.75, 3.05) is 0 Å². The van der Waals surface area contributed by atoms with Crippen molar-refractivity contribution in [2.24, 2.45) is 34.5 Å². The quantitative estimate of drug-likeness (QED) is 0.293. The second kappa shape index (κ2) is 9.05. The van der Waals surface area contributed by atoms with Crippen LogP contribution < -0.4 is 0 Å². The van der Waals surface area contributed by atoms with Gasteiger partial charge in [0.15, 0.2) is 0 Å². The van der Waals surface area contributed by atoms with Crippen LogP contribution in [0.1, 0.15) is 98.8 Å². The van der Waals surface area contributed by atoms with Crippen LogP contribution in [-0.2, 0) is 14.6 Å². The predicted molar refractivity (Wildman–Crippen MR) is 134 cm³/mol. The van der Waals surface area contributed by atoms with Crippen molar-refractivity contribution >= 4 is 10.4 Å². The summed E-state index contributed by atoms with van der Waals surface area (Å²) in [6.07, 6.45) is 6.89. The average Bonchev–Trinajstić information content (AvgIpc) is 3.08. The van der Waals surface area contributed by atoms with E-state index in [1.165, 1.54) is 19.3 Å². The molecule has 3 fully saturated rings. The molecule has 35 heavy (non-hydrogen) atoms. The van der Waals surface area contributed by atoms with Crippen LogP contribution in [0.3, 0.4) is 0 Å². The third kappa shape index (κ3) is 4.34. The Hall–Kier alpha value is -0.510. The van der Waals surface area contributed by atoms with E-state index in [4.69, 9.17) is 4.18 Å². The number of aliphatic hydroxyl groups is 3. The van der Waals surface area contributed by atoms with Crippen molar-refractivity contribution in [3.63, 3.8) is 0 Å². The molecule has 3 saturated carbocycles. The number of aliphatic hydroxyl groups excluding tert-OH is 1. The molecule has 0 bridgehead atoms. The van der Waals surface area contributed by atoms with E-state index in [9.17, 15) is 28.3 Å². The molecule has 0 aromatic carbocycles. The highest BCUT2D eigenvalue weighted by atomic mass is 32.3. The molecule has 9 atom stereocenters. The minimum Gasteiger partial charge on any atom is -0.393 e. The number of fused-ring (bicyclic) bond motifs is 5. The molecular formula is C27H46O7S. The zero-order valence-corrected chi connectivity index (χ0v) is 22.9. The monoisotopic (exact) mass is 514 g/mol. The van der Waals surface area contributed by atoms with Crippen LogP contribution in [0.5, 0.6) is 0 Å². The fourth-order valence-electron chi connectivity index (χ4n) is 8.74. The minimum atomic E-state index is -4.86. The van der Waals surface area contributed by atoms with Crippen LogP contribution in [0.2, 0.25) is 0 Å². The Labute approximate surface area is 211 Å². The van der Waals surface area contributed by atoms with Crippen LogP contribution in [-0.4, -0.2) is 51.7 Å². The highest BCUT2D eigenvalue weighted by Crippen LogP contribution is 2.69. The first-order valence-corrected chi connectivity index (χ1v) is 14.9. The summed E-state index contributed by atoms with van der Waals surface area (Å²) in [5.41, 5.74) is -3.52. The first-order valence-electron chi connectivity index (χ1n) is 13.6. The van der Waals surface area contributed by atoms with E-state index in [0.29, 0.717) is 37.0 Å². The zero-order chi connectivity index (χ0) is 26.0.